The molecule has 1 aromatic rings. The van der Waals surface area contributed by atoms with Crippen molar-refractivity contribution < 1.29 is 23.4 Å². The number of aliphatic hydroxyl groups is 1. The van der Waals surface area contributed by atoms with Crippen LogP contribution in [0.3, 0.4) is 0 Å². The molecule has 0 spiro atoms. The van der Waals surface area contributed by atoms with Crippen molar-refractivity contribution in [1.29, 1.82) is 0 Å². The Labute approximate surface area is 124 Å². The van der Waals surface area contributed by atoms with E-state index >= 15 is 0 Å². The van der Waals surface area contributed by atoms with Gasteiger partial charge < -0.3 is 10.2 Å². The molecule has 0 bridgehead atoms. The van der Waals surface area contributed by atoms with Gasteiger partial charge in [-0.15, -0.1) is 0 Å². The smallest absolute Gasteiger partial charge is 0.303 e. The molecular formula is C14H21NO5S. The van der Waals surface area contributed by atoms with Gasteiger partial charge in [0.05, 0.1) is 11.0 Å². The van der Waals surface area contributed by atoms with Gasteiger partial charge in [0.15, 0.2) is 0 Å². The summed E-state index contributed by atoms with van der Waals surface area (Å²) in [6, 6.07) is 5.75. The van der Waals surface area contributed by atoms with Gasteiger partial charge in [-0.05, 0) is 44.4 Å². The molecule has 0 aliphatic carbocycles. The van der Waals surface area contributed by atoms with Crippen LogP contribution in [0.5, 0.6) is 0 Å². The highest BCUT2D eigenvalue weighted by Gasteiger charge is 2.18. The molecule has 0 heterocycles. The van der Waals surface area contributed by atoms with E-state index in [1.54, 1.807) is 26.0 Å². The third-order valence-corrected chi connectivity index (χ3v) is 4.52. The molecule has 6 nitrogen and oxygen atoms in total. The summed E-state index contributed by atoms with van der Waals surface area (Å²) in [6.45, 7) is 3.29. The molecule has 7 heteroatoms. The molecule has 0 aliphatic rings. The minimum absolute atomic E-state index is 0.00969. The Balaban J connectivity index is 2.73. The summed E-state index contributed by atoms with van der Waals surface area (Å²) >= 11 is 0. The summed E-state index contributed by atoms with van der Waals surface area (Å²) in [5.41, 5.74) is 0.772. The SMILES string of the molecule is CC(O)CC(C)NS(=O)(=O)c1ccc(CCC(=O)O)cc1. The van der Waals surface area contributed by atoms with Crippen LogP contribution in [0.2, 0.25) is 0 Å². The molecular weight excluding hydrogens is 294 g/mol. The van der Waals surface area contributed by atoms with Gasteiger partial charge in [0.25, 0.3) is 0 Å². The van der Waals surface area contributed by atoms with Crippen LogP contribution in [0.4, 0.5) is 0 Å². The first-order valence-corrected chi connectivity index (χ1v) is 8.20. The van der Waals surface area contributed by atoms with E-state index in [0.29, 0.717) is 12.8 Å². The number of aliphatic carboxylic acids is 1. The van der Waals surface area contributed by atoms with Gasteiger partial charge in [0.2, 0.25) is 10.0 Å². The van der Waals surface area contributed by atoms with Gasteiger partial charge in [-0.3, -0.25) is 4.79 Å². The Kier molecular flexibility index (Phi) is 6.32. The molecule has 0 fully saturated rings. The Morgan fingerprint density at radius 1 is 1.24 bits per heavy atom. The molecule has 3 N–H and O–H groups in total. The molecule has 21 heavy (non-hydrogen) atoms. The summed E-state index contributed by atoms with van der Waals surface area (Å²) in [6.07, 6.45) is 0.119. The predicted octanol–water partition coefficient (Wildman–Crippen LogP) is 1.14. The van der Waals surface area contributed by atoms with Crippen LogP contribution in [0.15, 0.2) is 29.2 Å². The molecule has 118 valence electrons. The maximum Gasteiger partial charge on any atom is 0.303 e. The molecule has 0 saturated carbocycles. The highest BCUT2D eigenvalue weighted by molar-refractivity contribution is 7.89. The minimum Gasteiger partial charge on any atom is -0.481 e. The number of aliphatic hydroxyl groups excluding tert-OH is 1. The zero-order valence-electron chi connectivity index (χ0n) is 12.1. The number of benzene rings is 1. The van der Waals surface area contributed by atoms with Crippen molar-refractivity contribution in [2.24, 2.45) is 0 Å². The van der Waals surface area contributed by atoms with Crippen LogP contribution in [0, 0.1) is 0 Å². The van der Waals surface area contributed by atoms with Gasteiger partial charge in [-0.25, -0.2) is 13.1 Å². The Bertz CT molecular complexity index is 566. The van der Waals surface area contributed by atoms with Crippen molar-refractivity contribution in [3.05, 3.63) is 29.8 Å². The fourth-order valence-corrected chi connectivity index (χ4v) is 3.24. The number of nitrogens with one attached hydrogen (secondary N) is 1. The fraction of sp³-hybridized carbons (Fsp3) is 0.500. The van der Waals surface area contributed by atoms with Crippen LogP contribution < -0.4 is 4.72 Å². The topological polar surface area (TPSA) is 104 Å². The van der Waals surface area contributed by atoms with Crippen LogP contribution in [-0.4, -0.2) is 36.7 Å². The van der Waals surface area contributed by atoms with E-state index in [9.17, 15) is 18.3 Å². The second-order valence-corrected chi connectivity index (χ2v) is 6.86. The lowest BCUT2D eigenvalue weighted by molar-refractivity contribution is -0.136. The van der Waals surface area contributed by atoms with E-state index in [2.05, 4.69) is 4.72 Å². The van der Waals surface area contributed by atoms with E-state index in [1.165, 1.54) is 12.1 Å². The van der Waals surface area contributed by atoms with E-state index in [1.807, 2.05) is 0 Å². The lowest BCUT2D eigenvalue weighted by Crippen LogP contribution is -2.34. The average Bonchev–Trinajstić information content (AvgIpc) is 2.35. The van der Waals surface area contributed by atoms with Gasteiger partial charge in [0, 0.05) is 12.5 Å². The first kappa shape index (κ1) is 17.6. The lowest BCUT2D eigenvalue weighted by Gasteiger charge is -2.15. The maximum absolute atomic E-state index is 12.1. The van der Waals surface area contributed by atoms with Crippen molar-refractivity contribution in [3.63, 3.8) is 0 Å². The first-order valence-electron chi connectivity index (χ1n) is 6.72. The molecule has 0 radical (unpaired) electrons. The van der Waals surface area contributed by atoms with Crippen molar-refractivity contribution in [3.8, 4) is 0 Å². The van der Waals surface area contributed by atoms with Crippen molar-refractivity contribution in [1.82, 2.24) is 4.72 Å². The molecule has 1 aromatic carbocycles. The first-order chi connectivity index (χ1) is 9.70. The minimum atomic E-state index is -3.63. The second-order valence-electron chi connectivity index (χ2n) is 5.14. The van der Waals surface area contributed by atoms with E-state index in [-0.39, 0.29) is 17.4 Å². The van der Waals surface area contributed by atoms with E-state index < -0.39 is 22.1 Å². The number of carboxylic acid groups (broad SMARTS) is 1. The molecule has 0 saturated heterocycles. The standard InChI is InChI=1S/C14H21NO5S/c1-10(9-11(2)16)15-21(19,20)13-6-3-12(4-7-13)5-8-14(17)18/h3-4,6-7,10-11,15-16H,5,8-9H2,1-2H3,(H,17,18). The third kappa shape index (κ3) is 6.24. The second kappa shape index (κ2) is 7.53. The van der Waals surface area contributed by atoms with E-state index in [4.69, 9.17) is 5.11 Å². The number of hydrogen-bond donors (Lipinski definition) is 3. The molecule has 2 atom stereocenters. The van der Waals surface area contributed by atoms with Crippen molar-refractivity contribution in [2.45, 2.75) is 50.2 Å². The monoisotopic (exact) mass is 315 g/mol. The number of carbonyl (C=O) groups is 1. The van der Waals surface area contributed by atoms with Gasteiger partial charge in [-0.1, -0.05) is 12.1 Å². The summed E-state index contributed by atoms with van der Waals surface area (Å²) < 4.78 is 26.7. The summed E-state index contributed by atoms with van der Waals surface area (Å²) in [4.78, 5) is 10.6. The zero-order chi connectivity index (χ0) is 16.0. The van der Waals surface area contributed by atoms with Gasteiger partial charge in [-0.2, -0.15) is 0 Å². The molecule has 1 rings (SSSR count). The van der Waals surface area contributed by atoms with Crippen LogP contribution in [0.25, 0.3) is 0 Å². The van der Waals surface area contributed by atoms with Crippen LogP contribution in [0.1, 0.15) is 32.3 Å². The normalized spacial score (nSPS) is 14.6. The average molecular weight is 315 g/mol. The maximum atomic E-state index is 12.1. The largest absolute Gasteiger partial charge is 0.481 e. The number of carboxylic acids is 1. The quantitative estimate of drug-likeness (QED) is 0.667. The lowest BCUT2D eigenvalue weighted by atomic mass is 10.1. The number of rotatable bonds is 8. The zero-order valence-corrected chi connectivity index (χ0v) is 12.9. The van der Waals surface area contributed by atoms with Crippen molar-refractivity contribution in [2.75, 3.05) is 0 Å². The summed E-state index contributed by atoms with van der Waals surface area (Å²) in [5.74, 6) is -0.889. The molecule has 2 unspecified atom stereocenters. The van der Waals surface area contributed by atoms with Crippen molar-refractivity contribution >= 4 is 16.0 Å². The Morgan fingerprint density at radius 3 is 2.29 bits per heavy atom. The van der Waals surface area contributed by atoms with Crippen LogP contribution in [-0.2, 0) is 21.2 Å². The van der Waals surface area contributed by atoms with Crippen LogP contribution >= 0.6 is 0 Å². The molecule has 0 aliphatic heterocycles. The fourth-order valence-electron chi connectivity index (χ4n) is 1.98. The molecule has 0 aromatic heterocycles. The predicted molar refractivity (Wildman–Crippen MR) is 78.5 cm³/mol. The Morgan fingerprint density at radius 2 is 1.81 bits per heavy atom. The number of aryl methyl sites for hydroxylation is 1. The summed E-state index contributed by atoms with van der Waals surface area (Å²) in [5, 5.41) is 17.9. The Hall–Kier alpha value is -1.44. The number of sulfonamides is 1. The van der Waals surface area contributed by atoms with Gasteiger partial charge in [0.1, 0.15) is 0 Å². The highest BCUT2D eigenvalue weighted by Crippen LogP contribution is 2.13. The third-order valence-electron chi connectivity index (χ3n) is 2.91. The summed E-state index contributed by atoms with van der Waals surface area (Å²) in [7, 11) is -3.63. The van der Waals surface area contributed by atoms with E-state index in [0.717, 1.165) is 5.56 Å². The highest BCUT2D eigenvalue weighted by atomic mass is 32.2. The van der Waals surface area contributed by atoms with Gasteiger partial charge >= 0.3 is 5.97 Å². The molecule has 0 amide bonds. The number of hydrogen-bond acceptors (Lipinski definition) is 4.